The van der Waals surface area contributed by atoms with Gasteiger partial charge in [0.05, 0.1) is 12.2 Å². The van der Waals surface area contributed by atoms with Crippen LogP contribution in [0.3, 0.4) is 0 Å². The van der Waals surface area contributed by atoms with Crippen molar-refractivity contribution in [2.45, 2.75) is 44.4 Å². The Hall–Kier alpha value is -1.92. The molecule has 6 heteroatoms. The highest BCUT2D eigenvalue weighted by Crippen LogP contribution is 2.18. The summed E-state index contributed by atoms with van der Waals surface area (Å²) in [5, 5.41) is 14.5. The predicted octanol–water partition coefficient (Wildman–Crippen LogP) is 2.32. The second-order valence-electron chi connectivity index (χ2n) is 7.03. The van der Waals surface area contributed by atoms with E-state index < -0.39 is 6.09 Å². The standard InChI is InChI=1S/C19H28N4O2/c24-19(25)22-18-12-16(6-9-20-18)13-21-17-7-10-23(11-8-17)14-15-4-2-1-3-5-15/h1-5,13,16-18,20,22H,6-12,14H2,(H,24,25)/b21-13+. The molecule has 2 heterocycles. The van der Waals surface area contributed by atoms with Crippen molar-refractivity contribution in [1.29, 1.82) is 0 Å². The van der Waals surface area contributed by atoms with Gasteiger partial charge in [0.2, 0.25) is 0 Å². The molecule has 1 aromatic rings. The van der Waals surface area contributed by atoms with Crippen LogP contribution >= 0.6 is 0 Å². The number of hydrogen-bond acceptors (Lipinski definition) is 4. The van der Waals surface area contributed by atoms with E-state index in [0.717, 1.165) is 51.9 Å². The number of rotatable bonds is 5. The number of likely N-dealkylation sites (tertiary alicyclic amines) is 1. The molecule has 0 bridgehead atoms. The number of amides is 1. The third-order valence-electron chi connectivity index (χ3n) is 5.06. The van der Waals surface area contributed by atoms with E-state index in [-0.39, 0.29) is 6.17 Å². The maximum atomic E-state index is 10.8. The Kier molecular flexibility index (Phi) is 6.42. The molecule has 3 rings (SSSR count). The Morgan fingerprint density at radius 3 is 2.76 bits per heavy atom. The van der Waals surface area contributed by atoms with Crippen LogP contribution in [-0.2, 0) is 6.54 Å². The lowest BCUT2D eigenvalue weighted by molar-refractivity contribution is 0.181. The first-order valence-corrected chi connectivity index (χ1v) is 9.21. The number of carboxylic acid groups (broad SMARTS) is 1. The van der Waals surface area contributed by atoms with E-state index in [9.17, 15) is 4.79 Å². The van der Waals surface area contributed by atoms with Gasteiger partial charge in [-0.05, 0) is 43.7 Å². The van der Waals surface area contributed by atoms with Gasteiger partial charge in [-0.25, -0.2) is 4.79 Å². The van der Waals surface area contributed by atoms with Gasteiger partial charge in [0.15, 0.2) is 0 Å². The number of benzene rings is 1. The molecular formula is C19H28N4O2. The Labute approximate surface area is 149 Å². The van der Waals surface area contributed by atoms with Gasteiger partial charge >= 0.3 is 6.09 Å². The lowest BCUT2D eigenvalue weighted by atomic mass is 9.96. The zero-order chi connectivity index (χ0) is 17.5. The molecule has 1 aromatic carbocycles. The van der Waals surface area contributed by atoms with Crippen molar-refractivity contribution in [3.05, 3.63) is 35.9 Å². The molecule has 0 aliphatic carbocycles. The minimum Gasteiger partial charge on any atom is -0.465 e. The van der Waals surface area contributed by atoms with Gasteiger partial charge in [0.25, 0.3) is 0 Å². The average molecular weight is 344 g/mol. The SMILES string of the molecule is O=C(O)NC1CC(/C=N/C2CCN(Cc3ccccc3)CC2)CCN1. The van der Waals surface area contributed by atoms with Crippen molar-refractivity contribution in [2.24, 2.45) is 10.9 Å². The summed E-state index contributed by atoms with van der Waals surface area (Å²) in [6.07, 6.45) is 4.96. The van der Waals surface area contributed by atoms with Crippen LogP contribution in [0.25, 0.3) is 0 Å². The summed E-state index contributed by atoms with van der Waals surface area (Å²) < 4.78 is 0. The normalized spacial score (nSPS) is 25.9. The Balaban J connectivity index is 1.41. The molecule has 2 saturated heterocycles. The van der Waals surface area contributed by atoms with Crippen LogP contribution in [0.1, 0.15) is 31.2 Å². The summed E-state index contributed by atoms with van der Waals surface area (Å²) in [6, 6.07) is 11.0. The summed E-state index contributed by atoms with van der Waals surface area (Å²) in [6.45, 7) is 4.03. The van der Waals surface area contributed by atoms with Crippen molar-refractivity contribution in [3.63, 3.8) is 0 Å². The van der Waals surface area contributed by atoms with Crippen molar-refractivity contribution in [2.75, 3.05) is 19.6 Å². The summed E-state index contributed by atoms with van der Waals surface area (Å²) >= 11 is 0. The molecule has 0 radical (unpaired) electrons. The lowest BCUT2D eigenvalue weighted by Crippen LogP contribution is -2.49. The molecule has 2 atom stereocenters. The van der Waals surface area contributed by atoms with Crippen LogP contribution < -0.4 is 10.6 Å². The minimum absolute atomic E-state index is 0.157. The van der Waals surface area contributed by atoms with E-state index >= 15 is 0 Å². The van der Waals surface area contributed by atoms with E-state index in [1.807, 2.05) is 0 Å². The van der Waals surface area contributed by atoms with E-state index in [4.69, 9.17) is 10.1 Å². The van der Waals surface area contributed by atoms with Gasteiger partial charge in [0.1, 0.15) is 0 Å². The van der Waals surface area contributed by atoms with E-state index in [2.05, 4.69) is 52.1 Å². The number of carbonyl (C=O) groups is 1. The third-order valence-corrected chi connectivity index (χ3v) is 5.06. The molecule has 0 aromatic heterocycles. The van der Waals surface area contributed by atoms with E-state index in [0.29, 0.717) is 12.0 Å². The molecule has 2 unspecified atom stereocenters. The van der Waals surface area contributed by atoms with Gasteiger partial charge in [-0.2, -0.15) is 0 Å². The van der Waals surface area contributed by atoms with Crippen LogP contribution in [0.5, 0.6) is 0 Å². The first-order chi connectivity index (χ1) is 12.2. The Bertz CT molecular complexity index is 570. The van der Waals surface area contributed by atoms with E-state index in [1.54, 1.807) is 0 Å². The van der Waals surface area contributed by atoms with Gasteiger partial charge in [-0.1, -0.05) is 30.3 Å². The van der Waals surface area contributed by atoms with Crippen LogP contribution in [0.2, 0.25) is 0 Å². The van der Waals surface area contributed by atoms with Gasteiger partial charge in [-0.3, -0.25) is 15.2 Å². The summed E-state index contributed by atoms with van der Waals surface area (Å²) in [5.74, 6) is 0.362. The second kappa shape index (κ2) is 8.97. The fourth-order valence-electron chi connectivity index (χ4n) is 3.65. The molecule has 2 aliphatic rings. The maximum absolute atomic E-state index is 10.8. The van der Waals surface area contributed by atoms with Crippen LogP contribution in [-0.4, -0.2) is 54.2 Å². The van der Waals surface area contributed by atoms with E-state index in [1.165, 1.54) is 5.56 Å². The largest absolute Gasteiger partial charge is 0.465 e. The maximum Gasteiger partial charge on any atom is 0.405 e. The molecule has 3 N–H and O–H groups in total. The van der Waals surface area contributed by atoms with Crippen LogP contribution in [0.4, 0.5) is 4.79 Å². The molecule has 2 aliphatic heterocycles. The zero-order valence-corrected chi connectivity index (χ0v) is 14.6. The van der Waals surface area contributed by atoms with Crippen LogP contribution in [0.15, 0.2) is 35.3 Å². The van der Waals surface area contributed by atoms with Gasteiger partial charge in [0, 0.05) is 25.8 Å². The smallest absolute Gasteiger partial charge is 0.405 e. The third kappa shape index (κ3) is 5.83. The fraction of sp³-hybridized carbons (Fsp3) is 0.579. The number of aliphatic imine (C=N–C) groups is 1. The summed E-state index contributed by atoms with van der Waals surface area (Å²) in [4.78, 5) is 18.1. The van der Waals surface area contributed by atoms with Crippen molar-refractivity contribution >= 4 is 12.3 Å². The highest BCUT2D eigenvalue weighted by atomic mass is 16.4. The van der Waals surface area contributed by atoms with Crippen LogP contribution in [0, 0.1) is 5.92 Å². The molecule has 0 spiro atoms. The molecule has 6 nitrogen and oxygen atoms in total. The molecular weight excluding hydrogens is 316 g/mol. The molecule has 0 saturated carbocycles. The molecule has 1 amide bonds. The number of nitrogens with zero attached hydrogens (tertiary/aromatic N) is 2. The van der Waals surface area contributed by atoms with Gasteiger partial charge < -0.3 is 10.4 Å². The number of nitrogens with one attached hydrogen (secondary N) is 2. The molecule has 2 fully saturated rings. The second-order valence-corrected chi connectivity index (χ2v) is 7.03. The summed E-state index contributed by atoms with van der Waals surface area (Å²) in [7, 11) is 0. The van der Waals surface area contributed by atoms with Gasteiger partial charge in [-0.15, -0.1) is 0 Å². The lowest BCUT2D eigenvalue weighted by Gasteiger charge is -2.31. The summed E-state index contributed by atoms with van der Waals surface area (Å²) in [5.41, 5.74) is 1.37. The predicted molar refractivity (Wildman–Crippen MR) is 98.9 cm³/mol. The highest BCUT2D eigenvalue weighted by molar-refractivity contribution is 5.65. The van der Waals surface area contributed by atoms with Crippen molar-refractivity contribution < 1.29 is 9.90 Å². The topological polar surface area (TPSA) is 77.0 Å². The Morgan fingerprint density at radius 2 is 2.04 bits per heavy atom. The minimum atomic E-state index is -0.971. The quantitative estimate of drug-likeness (QED) is 0.717. The monoisotopic (exact) mass is 344 g/mol. The zero-order valence-electron chi connectivity index (χ0n) is 14.6. The average Bonchev–Trinajstić information content (AvgIpc) is 2.62. The molecule has 25 heavy (non-hydrogen) atoms. The first kappa shape index (κ1) is 17.9. The molecule has 136 valence electrons. The fourth-order valence-corrected chi connectivity index (χ4v) is 3.65. The number of piperidine rings is 2. The highest BCUT2D eigenvalue weighted by Gasteiger charge is 2.22. The van der Waals surface area contributed by atoms with Crippen molar-refractivity contribution in [3.8, 4) is 0 Å². The first-order valence-electron chi connectivity index (χ1n) is 9.21. The Morgan fingerprint density at radius 1 is 1.28 bits per heavy atom. The van der Waals surface area contributed by atoms with Crippen molar-refractivity contribution in [1.82, 2.24) is 15.5 Å². The number of hydrogen-bond donors (Lipinski definition) is 3.